The molecule has 32 heavy (non-hydrogen) atoms. The SMILES string of the molecule is C[C@H]1OC(=O)N(c2cc(-c3cnc(N)nc3C(F)(F)F)nc(N3CCOCC3)n2)[C@@H]1CO. The fourth-order valence-electron chi connectivity index (χ4n) is 3.52. The van der Waals surface area contributed by atoms with Crippen molar-refractivity contribution in [3.8, 4) is 11.3 Å². The van der Waals surface area contributed by atoms with E-state index in [0.29, 0.717) is 26.3 Å². The molecule has 0 unspecified atom stereocenters. The van der Waals surface area contributed by atoms with Gasteiger partial charge in [-0.05, 0) is 6.92 Å². The zero-order valence-electron chi connectivity index (χ0n) is 16.9. The Labute approximate surface area is 180 Å². The summed E-state index contributed by atoms with van der Waals surface area (Å²) in [6, 6.07) is 0.434. The van der Waals surface area contributed by atoms with Crippen LogP contribution in [-0.4, -0.2) is 76.2 Å². The summed E-state index contributed by atoms with van der Waals surface area (Å²) in [6.45, 7) is 2.72. The fourth-order valence-corrected chi connectivity index (χ4v) is 3.52. The van der Waals surface area contributed by atoms with Crippen LogP contribution >= 0.6 is 0 Å². The summed E-state index contributed by atoms with van der Waals surface area (Å²) in [5.41, 5.74) is 3.52. The molecule has 2 fully saturated rings. The average Bonchev–Trinajstić information content (AvgIpc) is 3.06. The Kier molecular flexibility index (Phi) is 5.73. The molecular formula is C18H20F3N7O4. The van der Waals surface area contributed by atoms with Gasteiger partial charge in [0.15, 0.2) is 5.69 Å². The standard InChI is InChI=1S/C18H20F3N7O4/c1-9-12(8-29)28(17(30)32-9)13-6-11(24-16(25-13)27-2-4-31-5-3-27)10-7-23-15(22)26-14(10)18(19,20)21/h6-7,9,12,29H,2-5,8H2,1H3,(H2,22,23,26)/t9-,12-/m1/s1. The van der Waals surface area contributed by atoms with E-state index in [0.717, 1.165) is 11.1 Å². The average molecular weight is 455 g/mol. The van der Waals surface area contributed by atoms with Crippen molar-refractivity contribution >= 4 is 23.8 Å². The van der Waals surface area contributed by atoms with Gasteiger partial charge in [-0.3, -0.25) is 4.90 Å². The Bertz CT molecular complexity index is 1020. The number of nitrogen functional groups attached to an aromatic ring is 1. The van der Waals surface area contributed by atoms with Crippen LogP contribution in [0.25, 0.3) is 11.3 Å². The van der Waals surface area contributed by atoms with Gasteiger partial charge in [0.2, 0.25) is 11.9 Å². The van der Waals surface area contributed by atoms with E-state index in [4.69, 9.17) is 15.2 Å². The molecule has 2 aliphatic rings. The number of aliphatic hydroxyl groups excluding tert-OH is 1. The lowest BCUT2D eigenvalue weighted by Crippen LogP contribution is -2.40. The number of halogens is 3. The van der Waals surface area contributed by atoms with Gasteiger partial charge in [0.1, 0.15) is 18.0 Å². The largest absolute Gasteiger partial charge is 0.444 e. The van der Waals surface area contributed by atoms with Crippen LogP contribution in [0, 0.1) is 0 Å². The first-order valence-electron chi connectivity index (χ1n) is 9.71. The molecule has 1 amide bonds. The van der Waals surface area contributed by atoms with Crippen molar-refractivity contribution in [1.82, 2.24) is 19.9 Å². The molecule has 0 radical (unpaired) electrons. The Balaban J connectivity index is 1.88. The minimum atomic E-state index is -4.83. The highest BCUT2D eigenvalue weighted by Crippen LogP contribution is 2.37. The van der Waals surface area contributed by atoms with Crippen LogP contribution in [0.2, 0.25) is 0 Å². The smallest absolute Gasteiger partial charge is 0.434 e. The third kappa shape index (κ3) is 4.10. The van der Waals surface area contributed by atoms with Crippen LogP contribution in [0.4, 0.5) is 35.7 Å². The quantitative estimate of drug-likeness (QED) is 0.688. The summed E-state index contributed by atoms with van der Waals surface area (Å²) < 4.78 is 51.5. The second kappa shape index (κ2) is 8.35. The number of hydrogen-bond donors (Lipinski definition) is 2. The summed E-state index contributed by atoms with van der Waals surface area (Å²) in [7, 11) is 0. The molecule has 4 heterocycles. The Hall–Kier alpha value is -3.26. The number of rotatable bonds is 4. The molecule has 2 atom stereocenters. The lowest BCUT2D eigenvalue weighted by atomic mass is 10.1. The van der Waals surface area contributed by atoms with Gasteiger partial charge in [0.25, 0.3) is 0 Å². The third-order valence-electron chi connectivity index (χ3n) is 5.14. The first-order chi connectivity index (χ1) is 15.2. The van der Waals surface area contributed by atoms with Gasteiger partial charge in [0.05, 0.1) is 25.5 Å². The molecule has 14 heteroatoms. The number of carbonyl (C=O) groups is 1. The number of morpholine rings is 1. The van der Waals surface area contributed by atoms with Gasteiger partial charge in [-0.1, -0.05) is 0 Å². The Morgan fingerprint density at radius 3 is 2.62 bits per heavy atom. The van der Waals surface area contributed by atoms with Crippen LogP contribution in [0.5, 0.6) is 0 Å². The van der Waals surface area contributed by atoms with E-state index in [1.165, 1.54) is 6.07 Å². The maximum Gasteiger partial charge on any atom is 0.434 e. The van der Waals surface area contributed by atoms with Crippen molar-refractivity contribution in [3.05, 3.63) is 18.0 Å². The van der Waals surface area contributed by atoms with E-state index < -0.39 is 48.2 Å². The first-order valence-corrected chi connectivity index (χ1v) is 9.71. The normalized spacial score (nSPS) is 21.7. The maximum atomic E-state index is 13.7. The molecule has 2 aromatic heterocycles. The summed E-state index contributed by atoms with van der Waals surface area (Å²) in [5, 5.41) is 9.74. The van der Waals surface area contributed by atoms with Crippen molar-refractivity contribution in [2.75, 3.05) is 48.4 Å². The number of nitrogens with zero attached hydrogens (tertiary/aromatic N) is 6. The predicted molar refractivity (Wildman–Crippen MR) is 105 cm³/mol. The number of hydrogen-bond acceptors (Lipinski definition) is 10. The zero-order chi connectivity index (χ0) is 23.0. The zero-order valence-corrected chi connectivity index (χ0v) is 16.9. The number of cyclic esters (lactones) is 1. The Morgan fingerprint density at radius 1 is 1.25 bits per heavy atom. The molecule has 2 aliphatic heterocycles. The molecular weight excluding hydrogens is 435 g/mol. The molecule has 0 spiro atoms. The van der Waals surface area contributed by atoms with E-state index in [-0.39, 0.29) is 17.5 Å². The topological polar surface area (TPSA) is 140 Å². The van der Waals surface area contributed by atoms with E-state index in [1.54, 1.807) is 11.8 Å². The molecule has 4 rings (SSSR count). The molecule has 2 saturated heterocycles. The van der Waals surface area contributed by atoms with Crippen molar-refractivity contribution in [1.29, 1.82) is 0 Å². The van der Waals surface area contributed by atoms with E-state index in [1.807, 2.05) is 0 Å². The molecule has 172 valence electrons. The number of amides is 1. The van der Waals surface area contributed by atoms with Gasteiger partial charge in [-0.15, -0.1) is 0 Å². The van der Waals surface area contributed by atoms with E-state index in [9.17, 15) is 23.1 Å². The molecule has 0 aliphatic carbocycles. The van der Waals surface area contributed by atoms with Crippen molar-refractivity contribution in [3.63, 3.8) is 0 Å². The van der Waals surface area contributed by atoms with Gasteiger partial charge in [0, 0.05) is 30.9 Å². The predicted octanol–water partition coefficient (Wildman–Crippen LogP) is 1.08. The number of anilines is 3. The second-order valence-electron chi connectivity index (χ2n) is 7.21. The van der Waals surface area contributed by atoms with Gasteiger partial charge >= 0.3 is 12.3 Å². The monoisotopic (exact) mass is 455 g/mol. The molecule has 0 bridgehead atoms. The number of aromatic nitrogens is 4. The number of aliphatic hydroxyl groups is 1. The number of alkyl halides is 3. The van der Waals surface area contributed by atoms with Crippen molar-refractivity contribution < 1.29 is 32.5 Å². The number of ether oxygens (including phenoxy) is 2. The highest BCUT2D eigenvalue weighted by molar-refractivity contribution is 5.90. The first kappa shape index (κ1) is 22.0. The molecule has 2 aromatic rings. The van der Waals surface area contributed by atoms with Crippen LogP contribution in [-0.2, 0) is 15.7 Å². The highest BCUT2D eigenvalue weighted by atomic mass is 19.4. The van der Waals surface area contributed by atoms with Gasteiger partial charge in [-0.2, -0.15) is 18.2 Å². The maximum absolute atomic E-state index is 13.7. The summed E-state index contributed by atoms with van der Waals surface area (Å²) in [4.78, 5) is 31.0. The summed E-state index contributed by atoms with van der Waals surface area (Å²) in [6.07, 6.45) is -5.33. The minimum Gasteiger partial charge on any atom is -0.444 e. The minimum absolute atomic E-state index is 0.0187. The van der Waals surface area contributed by atoms with Crippen LogP contribution in [0.15, 0.2) is 12.3 Å². The molecule has 0 saturated carbocycles. The van der Waals surface area contributed by atoms with Gasteiger partial charge in [-0.25, -0.2) is 19.7 Å². The van der Waals surface area contributed by atoms with Crippen molar-refractivity contribution in [2.45, 2.75) is 25.2 Å². The highest BCUT2D eigenvalue weighted by Gasteiger charge is 2.42. The molecule has 11 nitrogen and oxygen atoms in total. The lowest BCUT2D eigenvalue weighted by molar-refractivity contribution is -0.140. The Morgan fingerprint density at radius 2 is 1.97 bits per heavy atom. The van der Waals surface area contributed by atoms with Crippen molar-refractivity contribution in [2.24, 2.45) is 0 Å². The molecule has 0 aromatic carbocycles. The summed E-state index contributed by atoms with van der Waals surface area (Å²) >= 11 is 0. The fraction of sp³-hybridized carbons (Fsp3) is 0.500. The van der Waals surface area contributed by atoms with Crippen LogP contribution < -0.4 is 15.5 Å². The third-order valence-corrected chi connectivity index (χ3v) is 5.14. The van der Waals surface area contributed by atoms with E-state index >= 15 is 0 Å². The molecule has 3 N–H and O–H groups in total. The van der Waals surface area contributed by atoms with Gasteiger partial charge < -0.3 is 25.2 Å². The lowest BCUT2D eigenvalue weighted by Gasteiger charge is -2.28. The summed E-state index contributed by atoms with van der Waals surface area (Å²) in [5.74, 6) is -0.467. The van der Waals surface area contributed by atoms with Crippen LogP contribution in [0.3, 0.4) is 0 Å². The van der Waals surface area contributed by atoms with Crippen LogP contribution in [0.1, 0.15) is 12.6 Å². The van der Waals surface area contributed by atoms with E-state index in [2.05, 4.69) is 19.9 Å². The number of carbonyl (C=O) groups excluding carboxylic acids is 1. The second-order valence-corrected chi connectivity index (χ2v) is 7.21. The number of nitrogens with two attached hydrogens (primary N) is 1.